The molecule has 0 aromatic rings. The molecule has 0 heterocycles. The van der Waals surface area contributed by atoms with Gasteiger partial charge in [0.25, 0.3) is 0 Å². The molecule has 0 aromatic carbocycles. The highest BCUT2D eigenvalue weighted by molar-refractivity contribution is 8.00. The largest absolute Gasteiger partial charge is 0.481 e. The molecular formula is C11H21NO3S. The Morgan fingerprint density at radius 3 is 2.44 bits per heavy atom. The molecule has 0 spiro atoms. The Kier molecular flexibility index (Phi) is 8.07. The standard InChI is InChI=1S/C11H21NO3S/c1-4-9(5-11(14)15)6-12-10(13)7-16-8(2)3/h8-9H,4-7H2,1-3H3,(H,12,13)(H,14,15). The van der Waals surface area contributed by atoms with Crippen molar-refractivity contribution in [3.63, 3.8) is 0 Å². The minimum absolute atomic E-state index is 0.0115. The highest BCUT2D eigenvalue weighted by Crippen LogP contribution is 2.09. The summed E-state index contributed by atoms with van der Waals surface area (Å²) >= 11 is 1.58. The molecule has 0 saturated heterocycles. The van der Waals surface area contributed by atoms with Crippen LogP contribution in [0.5, 0.6) is 0 Å². The number of rotatable bonds is 8. The van der Waals surface area contributed by atoms with Crippen molar-refractivity contribution < 1.29 is 14.7 Å². The monoisotopic (exact) mass is 247 g/mol. The molecule has 0 aliphatic heterocycles. The van der Waals surface area contributed by atoms with Gasteiger partial charge in [0.05, 0.1) is 5.75 Å². The average molecular weight is 247 g/mol. The van der Waals surface area contributed by atoms with Gasteiger partial charge >= 0.3 is 5.97 Å². The first kappa shape index (κ1) is 15.3. The number of aliphatic carboxylic acids is 1. The molecule has 0 bridgehead atoms. The molecule has 1 unspecified atom stereocenters. The molecule has 0 aromatic heterocycles. The summed E-state index contributed by atoms with van der Waals surface area (Å²) in [4.78, 5) is 21.9. The Morgan fingerprint density at radius 2 is 2.00 bits per heavy atom. The summed E-state index contributed by atoms with van der Waals surface area (Å²) in [5.74, 6) is -0.341. The van der Waals surface area contributed by atoms with Crippen LogP contribution in [0.1, 0.15) is 33.6 Å². The molecule has 5 heteroatoms. The lowest BCUT2D eigenvalue weighted by Gasteiger charge is -2.13. The number of carbonyl (C=O) groups is 2. The van der Waals surface area contributed by atoms with Gasteiger partial charge in [0.15, 0.2) is 0 Å². The molecule has 0 aliphatic carbocycles. The number of amides is 1. The van der Waals surface area contributed by atoms with E-state index in [1.54, 1.807) is 11.8 Å². The molecule has 1 atom stereocenters. The van der Waals surface area contributed by atoms with Crippen molar-refractivity contribution in [1.82, 2.24) is 5.32 Å². The molecule has 1 amide bonds. The van der Waals surface area contributed by atoms with Gasteiger partial charge in [0, 0.05) is 13.0 Å². The van der Waals surface area contributed by atoms with Crippen molar-refractivity contribution in [3.05, 3.63) is 0 Å². The number of thioether (sulfide) groups is 1. The van der Waals surface area contributed by atoms with E-state index in [2.05, 4.69) is 5.32 Å². The second kappa shape index (κ2) is 8.44. The first-order valence-corrected chi connectivity index (χ1v) is 6.60. The normalized spacial score (nSPS) is 12.5. The van der Waals surface area contributed by atoms with Crippen molar-refractivity contribution in [1.29, 1.82) is 0 Å². The lowest BCUT2D eigenvalue weighted by molar-refractivity contribution is -0.138. The van der Waals surface area contributed by atoms with Gasteiger partial charge in [0.2, 0.25) is 5.91 Å². The number of hydrogen-bond donors (Lipinski definition) is 2. The van der Waals surface area contributed by atoms with Gasteiger partial charge < -0.3 is 10.4 Å². The number of hydrogen-bond acceptors (Lipinski definition) is 3. The Balaban J connectivity index is 3.75. The van der Waals surface area contributed by atoms with E-state index in [9.17, 15) is 9.59 Å². The van der Waals surface area contributed by atoms with Crippen LogP contribution in [0.3, 0.4) is 0 Å². The molecule has 0 saturated carbocycles. The van der Waals surface area contributed by atoms with Crippen LogP contribution in [-0.4, -0.2) is 34.5 Å². The van der Waals surface area contributed by atoms with Gasteiger partial charge in [0.1, 0.15) is 0 Å². The minimum Gasteiger partial charge on any atom is -0.481 e. The molecule has 94 valence electrons. The number of carboxylic acid groups (broad SMARTS) is 1. The third-order valence-corrected chi connectivity index (χ3v) is 3.27. The number of nitrogens with one attached hydrogen (secondary N) is 1. The summed E-state index contributed by atoms with van der Waals surface area (Å²) in [7, 11) is 0. The maximum Gasteiger partial charge on any atom is 0.303 e. The molecule has 0 rings (SSSR count). The lowest BCUT2D eigenvalue weighted by Crippen LogP contribution is -2.31. The molecule has 2 N–H and O–H groups in total. The number of carbonyl (C=O) groups excluding carboxylic acids is 1. The van der Waals surface area contributed by atoms with Gasteiger partial charge in [-0.05, 0) is 11.2 Å². The Morgan fingerprint density at radius 1 is 1.38 bits per heavy atom. The van der Waals surface area contributed by atoms with Gasteiger partial charge in [-0.3, -0.25) is 9.59 Å². The Labute approximate surface area is 101 Å². The van der Waals surface area contributed by atoms with E-state index < -0.39 is 5.97 Å². The van der Waals surface area contributed by atoms with Crippen LogP contribution in [0.2, 0.25) is 0 Å². The van der Waals surface area contributed by atoms with Crippen molar-refractivity contribution in [2.45, 2.75) is 38.9 Å². The second-order valence-corrected chi connectivity index (χ2v) is 5.60. The van der Waals surface area contributed by atoms with Gasteiger partial charge in [-0.25, -0.2) is 0 Å². The molecule has 16 heavy (non-hydrogen) atoms. The van der Waals surface area contributed by atoms with Gasteiger partial charge in [-0.2, -0.15) is 0 Å². The Bertz CT molecular complexity index is 231. The highest BCUT2D eigenvalue weighted by Gasteiger charge is 2.12. The average Bonchev–Trinajstić information content (AvgIpc) is 2.20. The predicted octanol–water partition coefficient (Wildman–Crippen LogP) is 1.75. The van der Waals surface area contributed by atoms with Crippen molar-refractivity contribution in [2.24, 2.45) is 5.92 Å². The van der Waals surface area contributed by atoms with Crippen LogP contribution < -0.4 is 5.32 Å². The summed E-state index contributed by atoms with van der Waals surface area (Å²) < 4.78 is 0. The van der Waals surface area contributed by atoms with Crippen molar-refractivity contribution >= 4 is 23.6 Å². The summed E-state index contributed by atoms with van der Waals surface area (Å²) in [6, 6.07) is 0. The minimum atomic E-state index is -0.808. The van der Waals surface area contributed by atoms with Crippen LogP contribution in [0, 0.1) is 5.92 Å². The molecule has 4 nitrogen and oxygen atoms in total. The third-order valence-electron chi connectivity index (χ3n) is 2.18. The van der Waals surface area contributed by atoms with Crippen molar-refractivity contribution in [3.8, 4) is 0 Å². The lowest BCUT2D eigenvalue weighted by atomic mass is 10.0. The van der Waals surface area contributed by atoms with E-state index in [1.807, 2.05) is 20.8 Å². The maximum atomic E-state index is 11.4. The van der Waals surface area contributed by atoms with Crippen LogP contribution in [-0.2, 0) is 9.59 Å². The van der Waals surface area contributed by atoms with Crippen LogP contribution in [0.25, 0.3) is 0 Å². The van der Waals surface area contributed by atoms with E-state index in [0.29, 0.717) is 17.5 Å². The fourth-order valence-corrected chi connectivity index (χ4v) is 1.75. The highest BCUT2D eigenvalue weighted by atomic mass is 32.2. The topological polar surface area (TPSA) is 66.4 Å². The first-order chi connectivity index (χ1) is 7.45. The van der Waals surface area contributed by atoms with Crippen molar-refractivity contribution in [2.75, 3.05) is 12.3 Å². The molecular weight excluding hydrogens is 226 g/mol. The SMILES string of the molecule is CCC(CNC(=O)CSC(C)C)CC(=O)O. The quantitative estimate of drug-likeness (QED) is 0.685. The first-order valence-electron chi connectivity index (χ1n) is 5.55. The molecule has 0 fully saturated rings. The summed E-state index contributed by atoms with van der Waals surface area (Å²) in [6.45, 7) is 6.47. The van der Waals surface area contributed by atoms with Crippen LogP contribution >= 0.6 is 11.8 Å². The smallest absolute Gasteiger partial charge is 0.303 e. The van der Waals surface area contributed by atoms with Gasteiger partial charge in [-0.1, -0.05) is 27.2 Å². The summed E-state index contributed by atoms with van der Waals surface area (Å²) in [5.41, 5.74) is 0. The maximum absolute atomic E-state index is 11.4. The fraction of sp³-hybridized carbons (Fsp3) is 0.818. The molecule has 0 radical (unpaired) electrons. The van der Waals surface area contributed by atoms with E-state index in [0.717, 1.165) is 6.42 Å². The van der Waals surface area contributed by atoms with E-state index >= 15 is 0 Å². The zero-order valence-electron chi connectivity index (χ0n) is 10.2. The van der Waals surface area contributed by atoms with E-state index in [4.69, 9.17) is 5.11 Å². The van der Waals surface area contributed by atoms with Gasteiger partial charge in [-0.15, -0.1) is 11.8 Å². The second-order valence-electron chi connectivity index (χ2n) is 4.04. The molecule has 0 aliphatic rings. The zero-order valence-corrected chi connectivity index (χ0v) is 11.0. The third kappa shape index (κ3) is 8.59. The predicted molar refractivity (Wildman–Crippen MR) is 66.6 cm³/mol. The van der Waals surface area contributed by atoms with Crippen LogP contribution in [0.15, 0.2) is 0 Å². The van der Waals surface area contributed by atoms with E-state index in [1.165, 1.54) is 0 Å². The Hall–Kier alpha value is -0.710. The summed E-state index contributed by atoms with van der Waals surface area (Å²) in [5, 5.41) is 11.8. The number of carboxylic acids is 1. The zero-order chi connectivity index (χ0) is 12.6. The summed E-state index contributed by atoms with van der Waals surface area (Å²) in [6.07, 6.45) is 0.887. The van der Waals surface area contributed by atoms with Crippen LogP contribution in [0.4, 0.5) is 0 Å². The van der Waals surface area contributed by atoms with E-state index in [-0.39, 0.29) is 18.2 Å². The fourth-order valence-electron chi connectivity index (χ4n) is 1.16.